The Morgan fingerprint density at radius 2 is 1.36 bits per heavy atom. The van der Waals surface area contributed by atoms with Crippen LogP contribution >= 0.6 is 11.8 Å². The van der Waals surface area contributed by atoms with Gasteiger partial charge in [0.15, 0.2) is 0 Å². The first kappa shape index (κ1) is 26.0. The number of aromatic nitrogens is 1. The molecule has 0 bridgehead atoms. The third-order valence-corrected chi connectivity index (χ3v) is 8.20. The van der Waals surface area contributed by atoms with Crippen molar-refractivity contribution in [2.24, 2.45) is 0 Å². The van der Waals surface area contributed by atoms with Crippen LogP contribution in [0.5, 0.6) is 0 Å². The maximum atomic E-state index is 4.59. The van der Waals surface area contributed by atoms with Crippen LogP contribution in [0.15, 0.2) is 103 Å². The number of nitrogens with zero attached hydrogens (tertiary/aromatic N) is 2. The van der Waals surface area contributed by atoms with Crippen LogP contribution < -0.4 is 10.2 Å². The summed E-state index contributed by atoms with van der Waals surface area (Å²) < 4.78 is -0.279. The van der Waals surface area contributed by atoms with Crippen molar-refractivity contribution >= 4 is 17.4 Å². The summed E-state index contributed by atoms with van der Waals surface area (Å²) in [4.78, 5) is 6.95. The molecule has 0 saturated heterocycles. The molecule has 186 valence electrons. The number of aryl methyl sites for hydroxylation is 1. The van der Waals surface area contributed by atoms with E-state index < -0.39 is 0 Å². The molecule has 1 aromatic heterocycles. The van der Waals surface area contributed by atoms with Crippen molar-refractivity contribution in [1.29, 1.82) is 0 Å². The summed E-state index contributed by atoms with van der Waals surface area (Å²) in [7, 11) is 0. The van der Waals surface area contributed by atoms with Gasteiger partial charge >= 0.3 is 0 Å². The van der Waals surface area contributed by atoms with Crippen LogP contribution in [0.4, 0.5) is 5.69 Å². The van der Waals surface area contributed by atoms with Crippen LogP contribution in [0, 0.1) is 6.92 Å². The monoisotopic (exact) mass is 495 g/mol. The van der Waals surface area contributed by atoms with Gasteiger partial charge in [-0.25, -0.2) is 0 Å². The highest BCUT2D eigenvalue weighted by Gasteiger charge is 2.36. The molecule has 0 spiro atoms. The molecule has 36 heavy (non-hydrogen) atoms. The molecule has 0 aliphatic carbocycles. The molecule has 0 aliphatic rings. The van der Waals surface area contributed by atoms with E-state index in [0.29, 0.717) is 0 Å². The smallest absolute Gasteiger partial charge is 0.0907 e. The van der Waals surface area contributed by atoms with Gasteiger partial charge in [-0.1, -0.05) is 90.5 Å². The molecule has 3 nitrogen and oxygen atoms in total. The minimum atomic E-state index is -0.279. The SMILES string of the molecule is CCN(CC)c1ccnc(CNCCSC(c2ccccc2)(c2ccccc2)c2ccc(C)cc2)c1. The highest BCUT2D eigenvalue weighted by molar-refractivity contribution is 8.00. The quantitative estimate of drug-likeness (QED) is 0.168. The first-order valence-electron chi connectivity index (χ1n) is 12.9. The summed E-state index contributed by atoms with van der Waals surface area (Å²) in [5.74, 6) is 0.966. The van der Waals surface area contributed by atoms with Crippen molar-refractivity contribution in [2.75, 3.05) is 30.3 Å². The van der Waals surface area contributed by atoms with Crippen LogP contribution in [-0.2, 0) is 11.3 Å². The van der Waals surface area contributed by atoms with Gasteiger partial charge in [0, 0.05) is 43.8 Å². The standard InChI is InChI=1S/C32H37N3S/c1-4-35(5-2)31-20-21-34-30(24-31)25-33-22-23-36-32(27-12-8-6-9-13-27,28-14-10-7-11-15-28)29-18-16-26(3)17-19-29/h6-21,24,33H,4-5,22-23,25H2,1-3H3. The fourth-order valence-corrected chi connectivity index (χ4v) is 6.19. The van der Waals surface area contributed by atoms with Gasteiger partial charge in [-0.05, 0) is 49.6 Å². The lowest BCUT2D eigenvalue weighted by atomic mass is 9.84. The number of benzene rings is 3. The molecule has 0 radical (unpaired) electrons. The zero-order chi connectivity index (χ0) is 25.2. The van der Waals surface area contributed by atoms with E-state index in [0.717, 1.165) is 37.6 Å². The minimum absolute atomic E-state index is 0.279. The van der Waals surface area contributed by atoms with Crippen LogP contribution in [0.1, 0.15) is 41.8 Å². The molecule has 4 aromatic rings. The van der Waals surface area contributed by atoms with E-state index in [4.69, 9.17) is 0 Å². The predicted molar refractivity (Wildman–Crippen MR) is 156 cm³/mol. The number of nitrogens with one attached hydrogen (secondary N) is 1. The Kier molecular flexibility index (Phi) is 9.21. The molecule has 1 N–H and O–H groups in total. The van der Waals surface area contributed by atoms with Crippen LogP contribution in [-0.4, -0.2) is 30.4 Å². The van der Waals surface area contributed by atoms with Gasteiger partial charge in [0.1, 0.15) is 0 Å². The lowest BCUT2D eigenvalue weighted by Gasteiger charge is -2.35. The summed E-state index contributed by atoms with van der Waals surface area (Å²) in [5, 5.41) is 3.64. The Balaban J connectivity index is 1.54. The first-order valence-corrected chi connectivity index (χ1v) is 13.9. The molecular formula is C32H37N3S. The van der Waals surface area contributed by atoms with Crippen molar-refractivity contribution < 1.29 is 0 Å². The number of hydrogen-bond acceptors (Lipinski definition) is 4. The Bertz CT molecular complexity index is 1150. The topological polar surface area (TPSA) is 28.2 Å². The van der Waals surface area contributed by atoms with Crippen molar-refractivity contribution in [3.05, 3.63) is 131 Å². The van der Waals surface area contributed by atoms with Crippen LogP contribution in [0.3, 0.4) is 0 Å². The number of thioether (sulfide) groups is 1. The highest BCUT2D eigenvalue weighted by atomic mass is 32.2. The van der Waals surface area contributed by atoms with E-state index in [1.165, 1.54) is 27.9 Å². The first-order chi connectivity index (χ1) is 17.7. The van der Waals surface area contributed by atoms with Gasteiger partial charge in [-0.15, -0.1) is 11.8 Å². The largest absolute Gasteiger partial charge is 0.372 e. The Hall–Kier alpha value is -3.08. The zero-order valence-electron chi connectivity index (χ0n) is 21.7. The average Bonchev–Trinajstić information content (AvgIpc) is 2.93. The second-order valence-electron chi connectivity index (χ2n) is 8.98. The summed E-state index contributed by atoms with van der Waals surface area (Å²) in [6, 6.07) is 35.2. The summed E-state index contributed by atoms with van der Waals surface area (Å²) in [6.07, 6.45) is 1.92. The van der Waals surface area contributed by atoms with Gasteiger partial charge in [0.2, 0.25) is 0 Å². The molecular weight excluding hydrogens is 458 g/mol. The van der Waals surface area contributed by atoms with Gasteiger partial charge in [-0.2, -0.15) is 0 Å². The van der Waals surface area contributed by atoms with E-state index in [1.807, 2.05) is 18.0 Å². The van der Waals surface area contributed by atoms with Gasteiger partial charge in [0.25, 0.3) is 0 Å². The Labute approximate surface area is 221 Å². The minimum Gasteiger partial charge on any atom is -0.372 e. The number of hydrogen-bond donors (Lipinski definition) is 1. The fraction of sp³-hybridized carbons (Fsp3) is 0.281. The molecule has 0 aliphatic heterocycles. The number of pyridine rings is 1. The Morgan fingerprint density at radius 3 is 1.94 bits per heavy atom. The molecule has 4 heteroatoms. The normalized spacial score (nSPS) is 11.4. The van der Waals surface area contributed by atoms with Gasteiger partial charge in [0.05, 0.1) is 10.4 Å². The van der Waals surface area contributed by atoms with Crippen molar-refractivity contribution in [3.63, 3.8) is 0 Å². The second kappa shape index (κ2) is 12.8. The lowest BCUT2D eigenvalue weighted by molar-refractivity contribution is 0.712. The summed E-state index contributed by atoms with van der Waals surface area (Å²) in [5.41, 5.74) is 7.52. The molecule has 3 aromatic carbocycles. The van der Waals surface area contributed by atoms with E-state index in [2.05, 4.69) is 133 Å². The van der Waals surface area contributed by atoms with E-state index >= 15 is 0 Å². The molecule has 0 unspecified atom stereocenters. The molecule has 0 amide bonds. The fourth-order valence-electron chi connectivity index (χ4n) is 4.72. The third kappa shape index (κ3) is 6.00. The van der Waals surface area contributed by atoms with E-state index in [1.54, 1.807) is 0 Å². The highest BCUT2D eigenvalue weighted by Crippen LogP contribution is 2.48. The maximum absolute atomic E-state index is 4.59. The predicted octanol–water partition coefficient (Wildman–Crippen LogP) is 7.05. The molecule has 4 rings (SSSR count). The molecule has 0 atom stereocenters. The Morgan fingerprint density at radius 1 is 0.778 bits per heavy atom. The third-order valence-electron chi connectivity index (χ3n) is 6.65. The van der Waals surface area contributed by atoms with Gasteiger partial charge < -0.3 is 10.2 Å². The summed E-state index contributed by atoms with van der Waals surface area (Å²) in [6.45, 7) is 10.2. The average molecular weight is 496 g/mol. The lowest BCUT2D eigenvalue weighted by Crippen LogP contribution is -2.28. The van der Waals surface area contributed by atoms with E-state index in [9.17, 15) is 0 Å². The maximum Gasteiger partial charge on any atom is 0.0907 e. The van der Waals surface area contributed by atoms with Crippen molar-refractivity contribution in [1.82, 2.24) is 10.3 Å². The number of anilines is 1. The van der Waals surface area contributed by atoms with E-state index in [-0.39, 0.29) is 4.75 Å². The van der Waals surface area contributed by atoms with Crippen molar-refractivity contribution in [3.8, 4) is 0 Å². The molecule has 0 saturated carbocycles. The van der Waals surface area contributed by atoms with Crippen LogP contribution in [0.25, 0.3) is 0 Å². The second-order valence-corrected chi connectivity index (χ2v) is 10.3. The van der Waals surface area contributed by atoms with Crippen molar-refractivity contribution in [2.45, 2.75) is 32.1 Å². The van der Waals surface area contributed by atoms with Crippen LogP contribution in [0.2, 0.25) is 0 Å². The zero-order valence-corrected chi connectivity index (χ0v) is 22.5. The summed E-state index contributed by atoms with van der Waals surface area (Å²) >= 11 is 1.99. The molecule has 1 heterocycles. The number of rotatable bonds is 12. The molecule has 0 fully saturated rings. The van der Waals surface area contributed by atoms with Gasteiger partial charge in [-0.3, -0.25) is 4.98 Å².